The average molecular weight is 123 g/mol. The lowest BCUT2D eigenvalue weighted by Gasteiger charge is -2.01. The normalized spacial score (nSPS) is 12.0. The van der Waals surface area contributed by atoms with Gasteiger partial charge < -0.3 is 18.5 Å². The molecule has 3 radical (unpaired) electrons. The van der Waals surface area contributed by atoms with Gasteiger partial charge in [-0.2, -0.15) is 0 Å². The maximum Gasteiger partial charge on any atom is 0.660 e. The summed E-state index contributed by atoms with van der Waals surface area (Å²) in [5, 5.41) is 0. The Hall–Kier alpha value is 0.274. The summed E-state index contributed by atoms with van der Waals surface area (Å²) in [4.78, 5) is 23.4. The van der Waals surface area contributed by atoms with Crippen LogP contribution >= 0.6 is 0 Å². The van der Waals surface area contributed by atoms with Crippen LogP contribution in [-0.4, -0.2) is 33.9 Å². The lowest BCUT2D eigenvalue weighted by molar-refractivity contribution is 0.134. The van der Waals surface area contributed by atoms with Crippen LogP contribution < -0.4 is 0 Å². The smallest absolute Gasteiger partial charge is 0.394 e. The molecule has 0 aromatic heterocycles. The van der Waals surface area contributed by atoms with Crippen molar-refractivity contribution in [1.29, 1.82) is 0 Å². The van der Waals surface area contributed by atoms with Gasteiger partial charge in [0, 0.05) is 0 Å². The molecule has 0 aromatic rings. The summed E-state index contributed by atoms with van der Waals surface area (Å²) in [6, 6.07) is 0. The Kier molecular flexibility index (Phi) is 1.90. The second kappa shape index (κ2) is 1.82. The number of rotatable bonds is 1. The van der Waals surface area contributed by atoms with Crippen molar-refractivity contribution in [3.05, 3.63) is 0 Å². The van der Waals surface area contributed by atoms with E-state index in [9.17, 15) is 0 Å². The van der Waals surface area contributed by atoms with Crippen molar-refractivity contribution in [3.63, 3.8) is 0 Å². The molecule has 0 unspecified atom stereocenters. The quantitative estimate of drug-likeness (QED) is 0.337. The Morgan fingerprint density at radius 3 is 1.50 bits per heavy atom. The van der Waals surface area contributed by atoms with Crippen molar-refractivity contribution in [3.8, 4) is 0 Å². The van der Waals surface area contributed by atoms with Gasteiger partial charge in [-0.25, -0.2) is 0 Å². The number of hydrogen-bond donors (Lipinski definition) is 3. The molecule has 0 rings (SSSR count). The van der Waals surface area contributed by atoms with Crippen molar-refractivity contribution in [1.82, 2.24) is 0 Å². The van der Waals surface area contributed by atoms with Gasteiger partial charge >= 0.3 is 9.05 Å². The molecule has 0 bridgehead atoms. The molecule has 6 heavy (non-hydrogen) atoms. The molecule has 0 saturated heterocycles. The van der Waals surface area contributed by atoms with Crippen LogP contribution in [0.1, 0.15) is 0 Å². The topological polar surface area (TPSA) is 69.9 Å². The Morgan fingerprint density at radius 2 is 1.50 bits per heavy atom. The zero-order valence-electron chi connectivity index (χ0n) is 2.75. The minimum absolute atomic E-state index is 2.22. The third-order valence-corrected chi connectivity index (χ3v) is 1.23. The Balaban J connectivity index is 3.17. The summed E-state index contributed by atoms with van der Waals surface area (Å²) >= 11 is 0. The van der Waals surface area contributed by atoms with Crippen LogP contribution in [0.4, 0.5) is 0 Å². The van der Waals surface area contributed by atoms with Crippen molar-refractivity contribution in [2.45, 2.75) is 0 Å². The molecule has 0 aliphatic carbocycles. The fourth-order valence-corrected chi connectivity index (χ4v) is 0. The van der Waals surface area contributed by atoms with E-state index < -0.39 is 9.05 Å². The zero-order chi connectivity index (χ0) is 5.21. The van der Waals surface area contributed by atoms with Gasteiger partial charge in [0.2, 0.25) is 10.5 Å². The summed E-state index contributed by atoms with van der Waals surface area (Å²) in [7, 11) is -1.99. The first kappa shape index (κ1) is 6.27. The molecule has 0 heterocycles. The van der Waals surface area contributed by atoms with Crippen molar-refractivity contribution in [2.75, 3.05) is 0 Å². The summed E-state index contributed by atoms with van der Waals surface area (Å²) in [5.74, 6) is 0. The first-order chi connectivity index (χ1) is 2.56. The molecular formula is H3O4Si2. The number of hydrogen-bond acceptors (Lipinski definition) is 4. The van der Waals surface area contributed by atoms with Gasteiger partial charge in [0.1, 0.15) is 0 Å². The standard InChI is InChI=1S/H3O4Si2/c1-6(2,3)4-5/h1-3H. The Morgan fingerprint density at radius 1 is 1.33 bits per heavy atom. The molecule has 0 aliphatic rings. The maximum atomic E-state index is 7.81. The van der Waals surface area contributed by atoms with Crippen LogP contribution in [0.5, 0.6) is 0 Å². The SMILES string of the molecule is O[Si](O)(O)O[Si]. The molecule has 0 atom stereocenters. The zero-order valence-corrected chi connectivity index (χ0v) is 4.75. The van der Waals surface area contributed by atoms with Crippen LogP contribution in [-0.2, 0) is 4.12 Å². The van der Waals surface area contributed by atoms with Crippen LogP contribution in [0.15, 0.2) is 0 Å². The van der Waals surface area contributed by atoms with Crippen molar-refractivity contribution < 1.29 is 18.5 Å². The summed E-state index contributed by atoms with van der Waals surface area (Å²) in [6.07, 6.45) is 0. The minimum Gasteiger partial charge on any atom is -0.394 e. The molecule has 6 heteroatoms. The predicted octanol–water partition coefficient (Wildman–Crippen LogP) is -2.50. The minimum atomic E-state index is -4.22. The molecule has 0 spiro atoms. The molecule has 4 nitrogen and oxygen atoms in total. The van der Waals surface area contributed by atoms with Crippen molar-refractivity contribution in [2.24, 2.45) is 0 Å². The molecule has 0 saturated carbocycles. The fourth-order valence-electron chi connectivity index (χ4n) is 0. The van der Waals surface area contributed by atoms with E-state index in [1.807, 2.05) is 0 Å². The van der Waals surface area contributed by atoms with Gasteiger partial charge in [-0.3, -0.25) is 0 Å². The lowest BCUT2D eigenvalue weighted by atomic mass is 15.7. The van der Waals surface area contributed by atoms with Crippen LogP contribution in [0, 0.1) is 0 Å². The average Bonchev–Trinajstić information content (AvgIpc) is 1.35. The van der Waals surface area contributed by atoms with E-state index in [-0.39, 0.29) is 0 Å². The van der Waals surface area contributed by atoms with Gasteiger partial charge in [-0.1, -0.05) is 0 Å². The molecule has 3 N–H and O–H groups in total. The molecule has 0 aliphatic heterocycles. The van der Waals surface area contributed by atoms with Gasteiger partial charge in [0.15, 0.2) is 0 Å². The third-order valence-electron chi connectivity index (χ3n) is 0.137. The van der Waals surface area contributed by atoms with E-state index in [0.29, 0.717) is 0 Å². The van der Waals surface area contributed by atoms with Gasteiger partial charge in [0.25, 0.3) is 0 Å². The van der Waals surface area contributed by atoms with E-state index in [2.05, 4.69) is 14.6 Å². The molecule has 35 valence electrons. The lowest BCUT2D eigenvalue weighted by Crippen LogP contribution is -2.37. The Labute approximate surface area is 39.0 Å². The van der Waals surface area contributed by atoms with Crippen LogP contribution in [0.2, 0.25) is 0 Å². The second-order valence-corrected chi connectivity index (χ2v) is 2.64. The van der Waals surface area contributed by atoms with Crippen LogP contribution in [0.3, 0.4) is 0 Å². The monoisotopic (exact) mass is 123 g/mol. The molecule has 0 aromatic carbocycles. The predicted molar refractivity (Wildman–Crippen MR) is 19.2 cm³/mol. The van der Waals surface area contributed by atoms with Gasteiger partial charge in [0.05, 0.1) is 0 Å². The third kappa shape index (κ3) is 4.27. The summed E-state index contributed by atoms with van der Waals surface area (Å²) in [5.41, 5.74) is 0. The maximum absolute atomic E-state index is 7.81. The molecular weight excluding hydrogens is 120 g/mol. The highest BCUT2D eigenvalue weighted by atomic mass is 28.4. The molecule has 0 fully saturated rings. The summed E-state index contributed by atoms with van der Waals surface area (Å²) in [6.45, 7) is 0. The van der Waals surface area contributed by atoms with Crippen LogP contribution in [0.25, 0.3) is 0 Å². The van der Waals surface area contributed by atoms with Gasteiger partial charge in [-0.15, -0.1) is 0 Å². The second-order valence-electron chi connectivity index (χ2n) is 0.676. The van der Waals surface area contributed by atoms with E-state index in [1.165, 1.54) is 0 Å². The highest BCUT2D eigenvalue weighted by Gasteiger charge is 2.26. The van der Waals surface area contributed by atoms with Crippen molar-refractivity contribution >= 4 is 19.5 Å². The van der Waals surface area contributed by atoms with E-state index in [4.69, 9.17) is 14.4 Å². The highest BCUT2D eigenvalue weighted by molar-refractivity contribution is 6.52. The van der Waals surface area contributed by atoms with E-state index >= 15 is 0 Å². The fraction of sp³-hybridized carbons (Fsp3) is 0. The van der Waals surface area contributed by atoms with E-state index in [1.54, 1.807) is 0 Å². The molecule has 0 amide bonds. The largest absolute Gasteiger partial charge is 0.660 e. The Bertz CT molecular complexity index is 35.3. The van der Waals surface area contributed by atoms with Gasteiger partial charge in [-0.05, 0) is 0 Å². The summed E-state index contributed by atoms with van der Waals surface area (Å²) < 4.78 is 3.55. The highest BCUT2D eigenvalue weighted by Crippen LogP contribution is 1.79. The first-order valence-electron chi connectivity index (χ1n) is 1.08. The first-order valence-corrected chi connectivity index (χ1v) is 3.24. The van der Waals surface area contributed by atoms with E-state index in [0.717, 1.165) is 0 Å².